The lowest BCUT2D eigenvalue weighted by Gasteiger charge is -2.35. The second-order valence-electron chi connectivity index (χ2n) is 6.46. The number of hydrogen-bond acceptors (Lipinski definition) is 7. The van der Waals surface area contributed by atoms with Crippen LogP contribution in [0.5, 0.6) is 11.5 Å². The van der Waals surface area contributed by atoms with Crippen molar-refractivity contribution in [2.45, 2.75) is 12.5 Å². The molecule has 8 nitrogen and oxygen atoms in total. The number of fused-ring (bicyclic) bond motifs is 1. The van der Waals surface area contributed by atoms with E-state index in [4.69, 9.17) is 14.2 Å². The first-order valence-electron chi connectivity index (χ1n) is 8.58. The summed E-state index contributed by atoms with van der Waals surface area (Å²) in [6.45, 7) is 3.41. The van der Waals surface area contributed by atoms with Crippen LogP contribution in [0, 0.1) is 0 Å². The van der Waals surface area contributed by atoms with Crippen molar-refractivity contribution in [2.24, 2.45) is 0 Å². The number of carbonyl (C=O) groups is 1. The molecule has 1 N–H and O–H groups in total. The Hall–Kier alpha value is -1.84. The fourth-order valence-corrected chi connectivity index (χ4v) is 3.60. The Morgan fingerprint density at radius 3 is 2.69 bits per heavy atom. The zero-order valence-electron chi connectivity index (χ0n) is 14.8. The Morgan fingerprint density at radius 1 is 1.23 bits per heavy atom. The molecule has 2 aliphatic heterocycles. The van der Waals surface area contributed by atoms with Crippen LogP contribution >= 0.6 is 0 Å². The molecule has 1 aromatic carbocycles. The van der Waals surface area contributed by atoms with Crippen LogP contribution in [-0.4, -0.2) is 70.9 Å². The third-order valence-corrected chi connectivity index (χ3v) is 5.41. The van der Waals surface area contributed by atoms with Crippen molar-refractivity contribution in [3.8, 4) is 11.5 Å². The molecule has 3 rings (SSSR count). The third-order valence-electron chi connectivity index (χ3n) is 4.46. The molecule has 1 aromatic rings. The first-order valence-corrected chi connectivity index (χ1v) is 10.6. The van der Waals surface area contributed by atoms with Gasteiger partial charge in [0.15, 0.2) is 11.5 Å². The van der Waals surface area contributed by atoms with Gasteiger partial charge in [-0.2, -0.15) is 0 Å². The molecule has 0 saturated carbocycles. The normalized spacial score (nSPS) is 18.5. The van der Waals surface area contributed by atoms with Crippen molar-refractivity contribution in [3.05, 3.63) is 23.8 Å². The minimum absolute atomic E-state index is 0.0319. The van der Waals surface area contributed by atoms with E-state index in [0.717, 1.165) is 24.9 Å². The quantitative estimate of drug-likeness (QED) is 0.724. The summed E-state index contributed by atoms with van der Waals surface area (Å²) >= 11 is 0. The number of amides is 1. The fourth-order valence-electron chi connectivity index (χ4n) is 3.04. The minimum Gasteiger partial charge on any atom is -0.454 e. The number of morpholine rings is 1. The Kier molecular flexibility index (Phi) is 6.00. The van der Waals surface area contributed by atoms with Gasteiger partial charge in [0, 0.05) is 32.3 Å². The molecule has 2 heterocycles. The van der Waals surface area contributed by atoms with Crippen LogP contribution in [0.15, 0.2) is 18.2 Å². The second kappa shape index (κ2) is 8.24. The van der Waals surface area contributed by atoms with Gasteiger partial charge in [-0.05, 0) is 17.7 Å². The van der Waals surface area contributed by atoms with Crippen LogP contribution in [0.25, 0.3) is 0 Å². The highest BCUT2D eigenvalue weighted by molar-refractivity contribution is 7.90. The number of rotatable bonds is 7. The molecule has 1 amide bonds. The number of sulfone groups is 1. The van der Waals surface area contributed by atoms with Gasteiger partial charge in [0.25, 0.3) is 0 Å². The molecule has 0 aliphatic carbocycles. The van der Waals surface area contributed by atoms with Gasteiger partial charge < -0.3 is 19.5 Å². The standard InChI is InChI=1S/C17H24N2O6S/c1-26(21,22)9-4-17(20)18-11-14(19-5-7-23-8-6-19)13-2-3-15-16(10-13)25-12-24-15/h2-3,10,14H,4-9,11-12H2,1H3,(H,18,20). The number of carbonyl (C=O) groups excluding carboxylic acids is 1. The van der Waals surface area contributed by atoms with Crippen molar-refractivity contribution >= 4 is 15.7 Å². The fraction of sp³-hybridized carbons (Fsp3) is 0.588. The van der Waals surface area contributed by atoms with Gasteiger partial charge in [-0.15, -0.1) is 0 Å². The van der Waals surface area contributed by atoms with E-state index in [1.54, 1.807) is 0 Å². The van der Waals surface area contributed by atoms with E-state index in [1.807, 2.05) is 18.2 Å². The summed E-state index contributed by atoms with van der Waals surface area (Å²) in [6.07, 6.45) is 1.10. The molecule has 144 valence electrons. The highest BCUT2D eigenvalue weighted by Crippen LogP contribution is 2.35. The zero-order valence-corrected chi connectivity index (χ0v) is 15.6. The summed E-state index contributed by atoms with van der Waals surface area (Å²) < 4.78 is 38.7. The molecule has 1 unspecified atom stereocenters. The molecule has 0 aromatic heterocycles. The number of hydrogen-bond donors (Lipinski definition) is 1. The number of benzene rings is 1. The highest BCUT2D eigenvalue weighted by Gasteiger charge is 2.25. The van der Waals surface area contributed by atoms with Crippen molar-refractivity contribution in [1.82, 2.24) is 10.2 Å². The smallest absolute Gasteiger partial charge is 0.231 e. The van der Waals surface area contributed by atoms with Crippen molar-refractivity contribution < 1.29 is 27.4 Å². The van der Waals surface area contributed by atoms with Crippen LogP contribution in [0.2, 0.25) is 0 Å². The van der Waals surface area contributed by atoms with Crippen LogP contribution in [0.1, 0.15) is 18.0 Å². The number of ether oxygens (including phenoxy) is 3. The van der Waals surface area contributed by atoms with E-state index < -0.39 is 9.84 Å². The lowest BCUT2D eigenvalue weighted by molar-refractivity contribution is -0.121. The van der Waals surface area contributed by atoms with Crippen LogP contribution in [0.3, 0.4) is 0 Å². The van der Waals surface area contributed by atoms with E-state index in [-0.39, 0.29) is 30.9 Å². The number of nitrogens with one attached hydrogen (secondary N) is 1. The van der Waals surface area contributed by atoms with Gasteiger partial charge in [0.05, 0.1) is 25.0 Å². The van der Waals surface area contributed by atoms with Gasteiger partial charge in [0.1, 0.15) is 9.84 Å². The Labute approximate surface area is 153 Å². The summed E-state index contributed by atoms with van der Waals surface area (Å²) in [5, 5.41) is 2.86. The second-order valence-corrected chi connectivity index (χ2v) is 8.72. The van der Waals surface area contributed by atoms with Crippen molar-refractivity contribution in [1.29, 1.82) is 0 Å². The average molecular weight is 384 g/mol. The first kappa shape index (κ1) is 18.9. The topological polar surface area (TPSA) is 94.2 Å². The van der Waals surface area contributed by atoms with E-state index in [1.165, 1.54) is 0 Å². The molecule has 1 atom stereocenters. The lowest BCUT2D eigenvalue weighted by atomic mass is 10.0. The molecule has 1 fully saturated rings. The summed E-state index contributed by atoms with van der Waals surface area (Å²) in [5.74, 6) is 0.996. The van der Waals surface area contributed by atoms with Gasteiger partial charge in [0.2, 0.25) is 12.7 Å². The lowest BCUT2D eigenvalue weighted by Crippen LogP contribution is -2.44. The van der Waals surface area contributed by atoms with Gasteiger partial charge in [-0.25, -0.2) is 8.42 Å². The predicted molar refractivity (Wildman–Crippen MR) is 95.0 cm³/mol. The molecular formula is C17H24N2O6S. The monoisotopic (exact) mass is 384 g/mol. The van der Waals surface area contributed by atoms with Gasteiger partial charge in [-0.3, -0.25) is 9.69 Å². The molecule has 2 aliphatic rings. The Bertz CT molecular complexity index is 746. The predicted octanol–water partition coefficient (Wildman–Crippen LogP) is 0.340. The van der Waals surface area contributed by atoms with Gasteiger partial charge in [-0.1, -0.05) is 6.07 Å². The largest absolute Gasteiger partial charge is 0.454 e. The summed E-state index contributed by atoms with van der Waals surface area (Å²) in [7, 11) is -3.16. The van der Waals surface area contributed by atoms with Crippen LogP contribution in [-0.2, 0) is 19.4 Å². The zero-order chi connectivity index (χ0) is 18.6. The van der Waals surface area contributed by atoms with E-state index in [0.29, 0.717) is 31.3 Å². The molecule has 1 saturated heterocycles. The summed E-state index contributed by atoms with van der Waals surface area (Å²) in [6, 6.07) is 5.73. The van der Waals surface area contributed by atoms with E-state index in [9.17, 15) is 13.2 Å². The van der Waals surface area contributed by atoms with Crippen LogP contribution < -0.4 is 14.8 Å². The molecular weight excluding hydrogens is 360 g/mol. The van der Waals surface area contributed by atoms with Crippen LogP contribution in [0.4, 0.5) is 0 Å². The molecule has 0 spiro atoms. The minimum atomic E-state index is -3.16. The van der Waals surface area contributed by atoms with Crippen molar-refractivity contribution in [2.75, 3.05) is 51.6 Å². The van der Waals surface area contributed by atoms with E-state index >= 15 is 0 Å². The SMILES string of the molecule is CS(=O)(=O)CCC(=O)NCC(c1ccc2c(c1)OCO2)N1CCOCC1. The Balaban J connectivity index is 1.68. The maximum absolute atomic E-state index is 12.0. The molecule has 0 bridgehead atoms. The summed E-state index contributed by atoms with van der Waals surface area (Å²) in [4.78, 5) is 14.3. The van der Waals surface area contributed by atoms with Crippen molar-refractivity contribution in [3.63, 3.8) is 0 Å². The van der Waals surface area contributed by atoms with E-state index in [2.05, 4.69) is 10.2 Å². The highest BCUT2D eigenvalue weighted by atomic mass is 32.2. The first-order chi connectivity index (χ1) is 12.4. The third kappa shape index (κ3) is 5.09. The molecule has 26 heavy (non-hydrogen) atoms. The summed E-state index contributed by atoms with van der Waals surface area (Å²) in [5.41, 5.74) is 1.01. The number of nitrogens with zero attached hydrogens (tertiary/aromatic N) is 1. The average Bonchev–Trinajstić information content (AvgIpc) is 3.08. The Morgan fingerprint density at radius 2 is 1.96 bits per heavy atom. The maximum atomic E-state index is 12.0. The van der Waals surface area contributed by atoms with Gasteiger partial charge >= 0.3 is 0 Å². The molecule has 0 radical (unpaired) electrons. The molecule has 9 heteroatoms. The maximum Gasteiger partial charge on any atom is 0.231 e.